The van der Waals surface area contributed by atoms with E-state index in [4.69, 9.17) is 27.9 Å². The minimum absolute atomic E-state index is 0.0945. The van der Waals surface area contributed by atoms with Gasteiger partial charge in [-0.3, -0.25) is 20.1 Å². The highest BCUT2D eigenvalue weighted by Gasteiger charge is 2.32. The van der Waals surface area contributed by atoms with Gasteiger partial charge in [-0.1, -0.05) is 29.3 Å². The number of hydrogen-bond donors (Lipinski definition) is 1. The number of ether oxygens (including phenoxy) is 1. The Morgan fingerprint density at radius 2 is 2.00 bits per heavy atom. The van der Waals surface area contributed by atoms with Gasteiger partial charge >= 0.3 is 5.97 Å². The summed E-state index contributed by atoms with van der Waals surface area (Å²) < 4.78 is 5.15. The van der Waals surface area contributed by atoms with Gasteiger partial charge < -0.3 is 10.1 Å². The van der Waals surface area contributed by atoms with Gasteiger partial charge in [0.25, 0.3) is 5.69 Å². The van der Waals surface area contributed by atoms with Crippen LogP contribution in [0.2, 0.25) is 10.0 Å². The molecule has 0 saturated heterocycles. The molecule has 36 heavy (non-hydrogen) atoms. The van der Waals surface area contributed by atoms with E-state index in [1.807, 2.05) is 6.08 Å². The molecule has 0 saturated carbocycles. The first kappa shape index (κ1) is 25.2. The number of rotatable bonds is 9. The quantitative estimate of drug-likeness (QED) is 0.226. The topological polar surface area (TPSA) is 132 Å². The molecule has 3 heterocycles. The van der Waals surface area contributed by atoms with Crippen LogP contribution >= 0.6 is 23.2 Å². The van der Waals surface area contributed by atoms with Crippen LogP contribution in [0.3, 0.4) is 0 Å². The zero-order valence-electron chi connectivity index (χ0n) is 19.0. The molecule has 12 heteroatoms. The number of allylic oxidation sites excluding steroid dienone is 1. The summed E-state index contributed by atoms with van der Waals surface area (Å²) in [7, 11) is 0. The summed E-state index contributed by atoms with van der Waals surface area (Å²) in [6, 6.07) is 7.94. The lowest BCUT2D eigenvalue weighted by Gasteiger charge is -2.23. The van der Waals surface area contributed by atoms with Crippen molar-refractivity contribution in [2.75, 3.05) is 18.5 Å². The second kappa shape index (κ2) is 10.8. The summed E-state index contributed by atoms with van der Waals surface area (Å²) in [5.41, 5.74) is 0.816. The van der Waals surface area contributed by atoms with Crippen LogP contribution in [-0.4, -0.2) is 45.2 Å². The molecule has 0 fully saturated rings. The number of pyridine rings is 1. The number of carbonyl (C=O) groups is 1. The number of hydrogen-bond acceptors (Lipinski definition) is 9. The Labute approximate surface area is 216 Å². The third-order valence-corrected chi connectivity index (χ3v) is 6.17. The Morgan fingerprint density at radius 1 is 1.17 bits per heavy atom. The van der Waals surface area contributed by atoms with Crippen molar-refractivity contribution in [3.8, 4) is 11.3 Å². The van der Waals surface area contributed by atoms with Crippen molar-refractivity contribution in [3.63, 3.8) is 0 Å². The van der Waals surface area contributed by atoms with Crippen LogP contribution in [0.1, 0.15) is 29.4 Å². The molecule has 1 aliphatic heterocycles. The maximum Gasteiger partial charge on any atom is 0.341 e. The van der Waals surface area contributed by atoms with E-state index in [9.17, 15) is 14.9 Å². The normalized spacial score (nSPS) is 16.2. The largest absolute Gasteiger partial charge is 0.462 e. The van der Waals surface area contributed by atoms with Crippen LogP contribution in [0.25, 0.3) is 11.3 Å². The number of benzene rings is 1. The fraction of sp³-hybridized carbons (Fsp3) is 0.208. The van der Waals surface area contributed by atoms with Crippen molar-refractivity contribution >= 4 is 47.0 Å². The molecule has 1 atom stereocenters. The van der Waals surface area contributed by atoms with Gasteiger partial charge in [0, 0.05) is 30.6 Å². The molecule has 10 nitrogen and oxygen atoms in total. The molecule has 3 aromatic rings. The first-order valence-corrected chi connectivity index (χ1v) is 11.7. The molecule has 4 rings (SSSR count). The number of nitro groups is 1. The van der Waals surface area contributed by atoms with Crippen molar-refractivity contribution in [2.45, 2.75) is 18.9 Å². The SMILES string of the molecule is CCOC(=O)c1cnc(NCCC2(c3ccc([N+](=O)[O-])cn3)C=CC=N2)nc1-c1ccc(Cl)c(Cl)c1. The van der Waals surface area contributed by atoms with E-state index in [-0.39, 0.29) is 23.8 Å². The summed E-state index contributed by atoms with van der Waals surface area (Å²) in [5.74, 6) is -0.277. The molecule has 0 bridgehead atoms. The van der Waals surface area contributed by atoms with Crippen LogP contribution in [0.5, 0.6) is 0 Å². The maximum absolute atomic E-state index is 12.5. The number of aliphatic imine (C=N–C) groups is 1. The van der Waals surface area contributed by atoms with Crippen molar-refractivity contribution < 1.29 is 14.5 Å². The predicted molar refractivity (Wildman–Crippen MR) is 137 cm³/mol. The van der Waals surface area contributed by atoms with Gasteiger partial charge in [0.05, 0.1) is 33.0 Å². The highest BCUT2D eigenvalue weighted by molar-refractivity contribution is 6.42. The second-order valence-corrected chi connectivity index (χ2v) is 8.52. The lowest BCUT2D eigenvalue weighted by atomic mass is 9.92. The lowest BCUT2D eigenvalue weighted by Crippen LogP contribution is -2.25. The van der Waals surface area contributed by atoms with E-state index < -0.39 is 16.4 Å². The van der Waals surface area contributed by atoms with Crippen LogP contribution in [0.4, 0.5) is 11.6 Å². The van der Waals surface area contributed by atoms with E-state index in [1.165, 1.54) is 18.5 Å². The van der Waals surface area contributed by atoms with Crippen molar-refractivity contribution in [3.05, 3.63) is 86.3 Å². The fourth-order valence-corrected chi connectivity index (χ4v) is 3.95. The number of nitrogens with zero attached hydrogens (tertiary/aromatic N) is 5. The Morgan fingerprint density at radius 3 is 2.64 bits per heavy atom. The predicted octanol–water partition coefficient (Wildman–Crippen LogP) is 5.27. The fourth-order valence-electron chi connectivity index (χ4n) is 3.65. The number of anilines is 1. The Kier molecular flexibility index (Phi) is 7.56. The number of carbonyl (C=O) groups excluding carboxylic acids is 1. The van der Waals surface area contributed by atoms with Crippen LogP contribution in [0, 0.1) is 10.1 Å². The molecular formula is C24H20Cl2N6O4. The van der Waals surface area contributed by atoms with E-state index in [1.54, 1.807) is 43.5 Å². The molecule has 1 N–H and O–H groups in total. The summed E-state index contributed by atoms with van der Waals surface area (Å²) in [6.45, 7) is 2.30. The van der Waals surface area contributed by atoms with E-state index >= 15 is 0 Å². The summed E-state index contributed by atoms with van der Waals surface area (Å²) in [5, 5.41) is 14.8. The number of esters is 1. The standard InChI is InChI=1S/C24H20Cl2N6O4/c1-2-36-22(33)17-14-29-23(31-21(17)15-4-6-18(25)19(26)12-15)27-11-9-24(8-3-10-30-24)20-7-5-16(13-28-20)32(34)35/h3-8,10,12-14H,2,9,11H2,1H3,(H,27,29,31). The van der Waals surface area contributed by atoms with Crippen LogP contribution in [0.15, 0.2) is 59.9 Å². The van der Waals surface area contributed by atoms with Gasteiger partial charge in [-0.2, -0.15) is 0 Å². The average molecular weight is 527 g/mol. The van der Waals surface area contributed by atoms with Crippen molar-refractivity contribution in [1.82, 2.24) is 15.0 Å². The summed E-state index contributed by atoms with van der Waals surface area (Å²) >= 11 is 12.2. The molecule has 184 valence electrons. The Balaban J connectivity index is 1.57. The third-order valence-electron chi connectivity index (χ3n) is 5.43. The highest BCUT2D eigenvalue weighted by Crippen LogP contribution is 2.34. The first-order chi connectivity index (χ1) is 17.3. The smallest absolute Gasteiger partial charge is 0.341 e. The minimum Gasteiger partial charge on any atom is -0.462 e. The molecular weight excluding hydrogens is 507 g/mol. The van der Waals surface area contributed by atoms with Gasteiger partial charge in [-0.15, -0.1) is 0 Å². The van der Waals surface area contributed by atoms with Crippen LogP contribution < -0.4 is 5.32 Å². The average Bonchev–Trinajstić information content (AvgIpc) is 3.36. The minimum atomic E-state index is -0.778. The van der Waals surface area contributed by atoms with Gasteiger partial charge in [-0.05, 0) is 43.7 Å². The van der Waals surface area contributed by atoms with Gasteiger partial charge in [-0.25, -0.2) is 14.8 Å². The Bertz CT molecular complexity index is 1350. The molecule has 1 aromatic carbocycles. The lowest BCUT2D eigenvalue weighted by molar-refractivity contribution is -0.385. The molecule has 0 radical (unpaired) electrons. The molecule has 2 aromatic heterocycles. The Hall–Kier alpha value is -3.89. The van der Waals surface area contributed by atoms with Gasteiger partial charge in [0.15, 0.2) is 0 Å². The van der Waals surface area contributed by atoms with Gasteiger partial charge in [0.1, 0.15) is 17.3 Å². The van der Waals surface area contributed by atoms with E-state index in [0.29, 0.717) is 40.0 Å². The van der Waals surface area contributed by atoms with Crippen molar-refractivity contribution in [1.29, 1.82) is 0 Å². The monoisotopic (exact) mass is 526 g/mol. The number of nitrogens with one attached hydrogen (secondary N) is 1. The second-order valence-electron chi connectivity index (χ2n) is 7.70. The summed E-state index contributed by atoms with van der Waals surface area (Å²) in [6.07, 6.45) is 8.43. The zero-order valence-corrected chi connectivity index (χ0v) is 20.5. The third kappa shape index (κ3) is 5.34. The molecule has 0 aliphatic carbocycles. The maximum atomic E-state index is 12.5. The van der Waals surface area contributed by atoms with E-state index in [0.717, 1.165) is 0 Å². The molecule has 1 unspecified atom stereocenters. The molecule has 0 spiro atoms. The van der Waals surface area contributed by atoms with Crippen molar-refractivity contribution in [2.24, 2.45) is 4.99 Å². The number of halogens is 2. The zero-order chi connectivity index (χ0) is 25.7. The highest BCUT2D eigenvalue weighted by atomic mass is 35.5. The summed E-state index contributed by atoms with van der Waals surface area (Å²) in [4.78, 5) is 40.6. The molecule has 0 amide bonds. The molecule has 1 aliphatic rings. The van der Waals surface area contributed by atoms with E-state index in [2.05, 4.69) is 25.3 Å². The van der Waals surface area contributed by atoms with Gasteiger partial charge in [0.2, 0.25) is 5.95 Å². The number of aromatic nitrogens is 3. The van der Waals surface area contributed by atoms with Crippen LogP contribution in [-0.2, 0) is 10.3 Å². The first-order valence-electron chi connectivity index (χ1n) is 10.9.